The number of carbonyl (C=O) groups excluding carboxylic acids is 1. The van der Waals surface area contributed by atoms with Crippen LogP contribution in [0.25, 0.3) is 0 Å². The van der Waals surface area contributed by atoms with Gasteiger partial charge in [-0.3, -0.25) is 9.69 Å². The van der Waals surface area contributed by atoms with Gasteiger partial charge in [-0.15, -0.1) is 0 Å². The molecule has 0 aromatic heterocycles. The first-order valence-corrected chi connectivity index (χ1v) is 6.81. The molecule has 0 spiro atoms. The molecule has 0 saturated carbocycles. The van der Waals surface area contributed by atoms with Gasteiger partial charge in [0.25, 0.3) is 5.91 Å². The van der Waals surface area contributed by atoms with Crippen molar-refractivity contribution in [2.45, 2.75) is 31.8 Å². The van der Waals surface area contributed by atoms with Crippen molar-refractivity contribution in [2.75, 3.05) is 39.8 Å². The molecule has 0 aliphatic carbocycles. The lowest BCUT2D eigenvalue weighted by molar-refractivity contribution is -0.135. The van der Waals surface area contributed by atoms with E-state index in [-0.39, 0.29) is 12.0 Å². The minimum Gasteiger partial charge on any atom is -0.372 e. The van der Waals surface area contributed by atoms with Crippen molar-refractivity contribution < 1.29 is 9.53 Å². The molecule has 2 fully saturated rings. The molecule has 18 heavy (non-hydrogen) atoms. The van der Waals surface area contributed by atoms with E-state index in [1.54, 1.807) is 12.0 Å². The smallest absolute Gasteiger partial charge is 0.252 e. The molecule has 0 N–H and O–H groups in total. The molecule has 100 valence electrons. The molecular formula is C14H22N2O2. The number of carbonyl (C=O) groups is 1. The number of methoxy groups -OCH3 is 1. The first-order valence-electron chi connectivity index (χ1n) is 6.81. The summed E-state index contributed by atoms with van der Waals surface area (Å²) in [5, 5.41) is 0. The quantitative estimate of drug-likeness (QED) is 0.692. The van der Waals surface area contributed by atoms with Gasteiger partial charge in [-0.2, -0.15) is 0 Å². The number of rotatable bonds is 3. The van der Waals surface area contributed by atoms with Gasteiger partial charge in [-0.25, -0.2) is 0 Å². The lowest BCUT2D eigenvalue weighted by atomic mass is 10.1. The molecule has 2 rings (SSSR count). The fourth-order valence-corrected chi connectivity index (χ4v) is 2.52. The number of amides is 1. The van der Waals surface area contributed by atoms with E-state index < -0.39 is 0 Å². The van der Waals surface area contributed by atoms with Crippen molar-refractivity contribution >= 4 is 5.91 Å². The van der Waals surface area contributed by atoms with E-state index in [1.807, 2.05) is 0 Å². The topological polar surface area (TPSA) is 32.8 Å². The standard InChI is InChI=1S/C14H22N2O2/c1-18-13-7-12-16(14(13)17)11-6-5-10-15-8-3-2-4-9-15/h13H,2-4,7-12H2,1H3/t13-/m0/s1. The number of hydrogen-bond donors (Lipinski definition) is 0. The number of likely N-dealkylation sites (tertiary alicyclic amines) is 2. The van der Waals surface area contributed by atoms with E-state index in [4.69, 9.17) is 4.74 Å². The number of hydrogen-bond acceptors (Lipinski definition) is 3. The first kappa shape index (κ1) is 13.4. The Labute approximate surface area is 109 Å². The van der Waals surface area contributed by atoms with E-state index in [9.17, 15) is 4.79 Å². The lowest BCUT2D eigenvalue weighted by Crippen LogP contribution is -2.31. The summed E-state index contributed by atoms with van der Waals surface area (Å²) in [6.07, 6.45) is 4.49. The highest BCUT2D eigenvalue weighted by Crippen LogP contribution is 2.12. The Morgan fingerprint density at radius 1 is 1.17 bits per heavy atom. The van der Waals surface area contributed by atoms with Crippen molar-refractivity contribution in [1.82, 2.24) is 9.80 Å². The lowest BCUT2D eigenvalue weighted by Gasteiger charge is -2.23. The molecule has 4 nitrogen and oxygen atoms in total. The molecule has 0 aromatic carbocycles. The number of ether oxygens (including phenoxy) is 1. The minimum atomic E-state index is -0.242. The second kappa shape index (κ2) is 6.77. The average Bonchev–Trinajstić information content (AvgIpc) is 2.77. The Morgan fingerprint density at radius 3 is 2.56 bits per heavy atom. The van der Waals surface area contributed by atoms with Crippen LogP contribution in [0, 0.1) is 11.8 Å². The Kier molecular flexibility index (Phi) is 5.03. The van der Waals surface area contributed by atoms with E-state index in [2.05, 4.69) is 16.7 Å². The van der Waals surface area contributed by atoms with Crippen molar-refractivity contribution in [3.63, 3.8) is 0 Å². The zero-order valence-corrected chi connectivity index (χ0v) is 11.2. The molecule has 1 atom stereocenters. The van der Waals surface area contributed by atoms with Crippen molar-refractivity contribution in [2.24, 2.45) is 0 Å². The fourth-order valence-electron chi connectivity index (χ4n) is 2.52. The summed E-state index contributed by atoms with van der Waals surface area (Å²) in [4.78, 5) is 15.9. The molecular weight excluding hydrogens is 228 g/mol. The molecule has 2 aliphatic heterocycles. The molecule has 0 radical (unpaired) electrons. The van der Waals surface area contributed by atoms with Crippen LogP contribution >= 0.6 is 0 Å². The van der Waals surface area contributed by atoms with Crippen LogP contribution in [-0.4, -0.2) is 61.6 Å². The number of nitrogens with zero attached hydrogens (tertiary/aromatic N) is 2. The largest absolute Gasteiger partial charge is 0.372 e. The van der Waals surface area contributed by atoms with Gasteiger partial charge in [0.1, 0.15) is 6.10 Å². The molecule has 2 saturated heterocycles. The van der Waals surface area contributed by atoms with Gasteiger partial charge >= 0.3 is 0 Å². The summed E-state index contributed by atoms with van der Waals surface area (Å²) >= 11 is 0. The summed E-state index contributed by atoms with van der Waals surface area (Å²) in [7, 11) is 1.59. The maximum absolute atomic E-state index is 11.8. The van der Waals surface area contributed by atoms with Gasteiger partial charge in [-0.1, -0.05) is 18.3 Å². The highest BCUT2D eigenvalue weighted by molar-refractivity contribution is 5.83. The van der Waals surface area contributed by atoms with Crippen LogP contribution in [0.3, 0.4) is 0 Å². The van der Waals surface area contributed by atoms with Crippen molar-refractivity contribution in [1.29, 1.82) is 0 Å². The molecule has 0 aromatic rings. The van der Waals surface area contributed by atoms with Crippen LogP contribution in [0.2, 0.25) is 0 Å². The second-order valence-electron chi connectivity index (χ2n) is 4.96. The fraction of sp³-hybridized carbons (Fsp3) is 0.786. The molecule has 1 amide bonds. The average molecular weight is 250 g/mol. The predicted octanol–water partition coefficient (Wildman–Crippen LogP) is 0.723. The van der Waals surface area contributed by atoms with Crippen LogP contribution in [0.15, 0.2) is 0 Å². The van der Waals surface area contributed by atoms with Crippen molar-refractivity contribution in [3.8, 4) is 11.8 Å². The van der Waals surface area contributed by atoms with E-state index in [0.717, 1.165) is 19.5 Å². The summed E-state index contributed by atoms with van der Waals surface area (Å²) < 4.78 is 5.11. The molecule has 0 unspecified atom stereocenters. The minimum absolute atomic E-state index is 0.0878. The zero-order valence-electron chi connectivity index (χ0n) is 11.2. The summed E-state index contributed by atoms with van der Waals surface area (Å²) in [5.41, 5.74) is 0. The van der Waals surface area contributed by atoms with Gasteiger partial charge in [0, 0.05) is 20.1 Å². The molecule has 2 heterocycles. The highest BCUT2D eigenvalue weighted by atomic mass is 16.5. The molecule has 2 aliphatic rings. The summed E-state index contributed by atoms with van der Waals surface area (Å²) in [6, 6.07) is 0. The first-order chi connectivity index (χ1) is 8.81. The van der Waals surface area contributed by atoms with Crippen LogP contribution in [0.4, 0.5) is 0 Å². The van der Waals surface area contributed by atoms with Gasteiger partial charge in [0.15, 0.2) is 0 Å². The SMILES string of the molecule is CO[C@H]1CCN(CC#CCN2CCCCC2)C1=O. The van der Waals surface area contributed by atoms with Gasteiger partial charge in [0.05, 0.1) is 13.1 Å². The summed E-state index contributed by atoms with van der Waals surface area (Å²) in [5.74, 6) is 6.37. The third-order valence-corrected chi connectivity index (χ3v) is 3.68. The normalized spacial score (nSPS) is 25.1. The highest BCUT2D eigenvalue weighted by Gasteiger charge is 2.30. The van der Waals surface area contributed by atoms with Crippen molar-refractivity contribution in [3.05, 3.63) is 0 Å². The third-order valence-electron chi connectivity index (χ3n) is 3.68. The van der Waals surface area contributed by atoms with Crippen LogP contribution < -0.4 is 0 Å². The zero-order chi connectivity index (χ0) is 12.8. The van der Waals surface area contributed by atoms with Crippen LogP contribution in [-0.2, 0) is 9.53 Å². The van der Waals surface area contributed by atoms with Crippen LogP contribution in [0.5, 0.6) is 0 Å². The maximum atomic E-state index is 11.8. The Hall–Kier alpha value is -1.05. The van der Waals surface area contributed by atoms with Gasteiger partial charge < -0.3 is 9.64 Å². The van der Waals surface area contributed by atoms with Crippen LogP contribution in [0.1, 0.15) is 25.7 Å². The maximum Gasteiger partial charge on any atom is 0.252 e. The van der Waals surface area contributed by atoms with E-state index in [0.29, 0.717) is 6.54 Å². The Balaban J connectivity index is 1.70. The van der Waals surface area contributed by atoms with Gasteiger partial charge in [-0.05, 0) is 25.9 Å². The molecule has 4 heteroatoms. The van der Waals surface area contributed by atoms with Gasteiger partial charge in [0.2, 0.25) is 0 Å². The summed E-state index contributed by atoms with van der Waals surface area (Å²) in [6.45, 7) is 4.50. The molecule has 0 bridgehead atoms. The van der Waals surface area contributed by atoms with E-state index in [1.165, 1.54) is 32.4 Å². The second-order valence-corrected chi connectivity index (χ2v) is 4.96. The monoisotopic (exact) mass is 250 g/mol. The predicted molar refractivity (Wildman–Crippen MR) is 70.1 cm³/mol. The number of piperidine rings is 1. The Bertz CT molecular complexity index is 339. The Morgan fingerprint density at radius 2 is 1.89 bits per heavy atom. The third kappa shape index (κ3) is 3.47. The van der Waals surface area contributed by atoms with E-state index >= 15 is 0 Å².